The minimum absolute atomic E-state index is 0.448. The van der Waals surface area contributed by atoms with Crippen molar-refractivity contribution in [1.29, 1.82) is 0 Å². The van der Waals surface area contributed by atoms with E-state index in [0.717, 1.165) is 34.1 Å². The quantitative estimate of drug-likeness (QED) is 0.126. The second-order valence-electron chi connectivity index (χ2n) is 22.5. The highest BCUT2D eigenvalue weighted by Gasteiger charge is 2.53. The van der Waals surface area contributed by atoms with Gasteiger partial charge in [0.15, 0.2) is 0 Å². The van der Waals surface area contributed by atoms with E-state index in [4.69, 9.17) is 0 Å². The third-order valence-electron chi connectivity index (χ3n) is 16.8. The maximum Gasteiger partial charge on any atom is 0.0731 e. The third-order valence-corrected chi connectivity index (χ3v) is 16.8. The van der Waals surface area contributed by atoms with E-state index in [1.807, 2.05) is 0 Å². The minimum Gasteiger partial charge on any atom is -0.310 e. The molecule has 0 radical (unpaired) electrons. The summed E-state index contributed by atoms with van der Waals surface area (Å²) in [6.07, 6.45) is 0. The molecule has 2 aliphatic carbocycles. The molecule has 0 aromatic heterocycles. The number of hydrogen-bond donors (Lipinski definition) is 0. The Morgan fingerprint density at radius 2 is 0.680 bits per heavy atom. The molecule has 11 aromatic rings. The Morgan fingerprint density at radius 1 is 0.280 bits per heavy atom. The zero-order valence-corrected chi connectivity index (χ0v) is 44.5. The first-order valence-corrected chi connectivity index (χ1v) is 27.3. The van der Waals surface area contributed by atoms with E-state index in [2.05, 4.69) is 284 Å². The van der Waals surface area contributed by atoms with E-state index < -0.39 is 5.41 Å². The Balaban J connectivity index is 1.07. The number of fused-ring (bicyclic) bond motifs is 16. The van der Waals surface area contributed by atoms with Crippen molar-refractivity contribution in [3.05, 3.63) is 263 Å². The first kappa shape index (κ1) is 46.6. The van der Waals surface area contributed by atoms with Crippen molar-refractivity contribution in [2.24, 2.45) is 0 Å². The molecule has 0 bridgehead atoms. The second kappa shape index (κ2) is 18.0. The number of nitrogens with zero attached hydrogens (tertiary/aromatic N) is 2. The van der Waals surface area contributed by atoms with Gasteiger partial charge in [-0.3, -0.25) is 0 Å². The van der Waals surface area contributed by atoms with E-state index in [-0.39, 0.29) is 0 Å². The summed E-state index contributed by atoms with van der Waals surface area (Å²) in [5.41, 5.74) is 22.3. The first-order valence-electron chi connectivity index (χ1n) is 27.3. The van der Waals surface area contributed by atoms with Crippen molar-refractivity contribution in [3.63, 3.8) is 0 Å². The maximum absolute atomic E-state index is 2.56. The summed E-state index contributed by atoms with van der Waals surface area (Å²) in [4.78, 5) is 4.89. The second-order valence-corrected chi connectivity index (χ2v) is 22.5. The van der Waals surface area contributed by atoms with E-state index in [1.54, 1.807) is 0 Å². The Kier molecular flexibility index (Phi) is 11.2. The van der Waals surface area contributed by atoms with Crippen LogP contribution in [0.15, 0.2) is 218 Å². The van der Waals surface area contributed by atoms with Crippen LogP contribution in [0.3, 0.4) is 0 Å². The van der Waals surface area contributed by atoms with Crippen LogP contribution in [0.4, 0.5) is 34.1 Å². The van der Waals surface area contributed by atoms with Crippen molar-refractivity contribution in [2.75, 3.05) is 9.80 Å². The Labute approximate surface area is 443 Å². The van der Waals surface area contributed by atoms with Crippen LogP contribution in [0.2, 0.25) is 0 Å². The van der Waals surface area contributed by atoms with Gasteiger partial charge in [-0.25, -0.2) is 0 Å². The van der Waals surface area contributed by atoms with Gasteiger partial charge >= 0.3 is 0 Å². The molecule has 0 atom stereocenters. The van der Waals surface area contributed by atoms with Crippen molar-refractivity contribution in [2.45, 2.75) is 84.5 Å². The Bertz CT molecular complexity index is 3840. The Morgan fingerprint density at radius 3 is 1.15 bits per heavy atom. The molecule has 0 heterocycles. The molecule has 0 aliphatic heterocycles. The molecule has 2 heteroatoms. The van der Waals surface area contributed by atoms with Crippen LogP contribution in [-0.2, 0) is 5.41 Å². The molecule has 0 saturated heterocycles. The average Bonchev–Trinajstić information content (AvgIpc) is 4.12. The number of benzene rings is 11. The zero-order chi connectivity index (χ0) is 51.3. The SMILES string of the molecule is CC(C)c1ccc(N(c2ccc(C(C)C)cc2)c2ccc3cc4c(cc3c2)C2(c3ccccc3-c3ccccc32)c2c-4c3ccccc3c3cc(N(c4ccc(C(C)C)cc4)c4ccc(C(C)C)cc4)ccc23)cc1. The number of hydrogen-bond acceptors (Lipinski definition) is 2. The summed E-state index contributed by atoms with van der Waals surface area (Å²) in [5, 5.41) is 7.54. The topological polar surface area (TPSA) is 6.48 Å². The molecular formula is C73H64N2. The van der Waals surface area contributed by atoms with Gasteiger partial charge < -0.3 is 9.80 Å². The molecule has 75 heavy (non-hydrogen) atoms. The van der Waals surface area contributed by atoms with Crippen LogP contribution in [0, 0.1) is 0 Å². The van der Waals surface area contributed by atoms with Crippen LogP contribution < -0.4 is 9.80 Å². The summed E-state index contributed by atoms with van der Waals surface area (Å²) in [7, 11) is 0. The first-order chi connectivity index (χ1) is 36.5. The fourth-order valence-corrected chi connectivity index (χ4v) is 12.8. The van der Waals surface area contributed by atoms with Crippen LogP contribution in [0.25, 0.3) is 54.6 Å². The van der Waals surface area contributed by atoms with Gasteiger partial charge in [-0.05, 0) is 208 Å². The van der Waals surface area contributed by atoms with Crippen molar-refractivity contribution >= 4 is 66.4 Å². The normalized spacial score (nSPS) is 13.1. The molecule has 13 rings (SSSR count). The van der Waals surface area contributed by atoms with Gasteiger partial charge in [-0.1, -0.05) is 189 Å². The molecule has 366 valence electrons. The van der Waals surface area contributed by atoms with E-state index in [1.165, 1.54) is 99.1 Å². The number of rotatable bonds is 10. The number of anilines is 6. The van der Waals surface area contributed by atoms with E-state index >= 15 is 0 Å². The van der Waals surface area contributed by atoms with Crippen LogP contribution in [0.1, 0.15) is 124 Å². The molecular weight excluding hydrogens is 905 g/mol. The highest BCUT2D eigenvalue weighted by molar-refractivity contribution is 6.21. The molecule has 0 N–H and O–H groups in total. The molecule has 11 aromatic carbocycles. The van der Waals surface area contributed by atoms with E-state index in [9.17, 15) is 0 Å². The largest absolute Gasteiger partial charge is 0.310 e. The van der Waals surface area contributed by atoms with Gasteiger partial charge in [-0.15, -0.1) is 0 Å². The highest BCUT2D eigenvalue weighted by Crippen LogP contribution is 2.66. The lowest BCUT2D eigenvalue weighted by molar-refractivity contribution is 0.803. The lowest BCUT2D eigenvalue weighted by atomic mass is 9.69. The predicted octanol–water partition coefficient (Wildman–Crippen LogP) is 20.9. The smallest absolute Gasteiger partial charge is 0.0731 e. The summed E-state index contributed by atoms with van der Waals surface area (Å²) in [6, 6.07) is 83.9. The third kappa shape index (κ3) is 7.36. The maximum atomic E-state index is 2.56. The van der Waals surface area contributed by atoms with Crippen molar-refractivity contribution in [1.82, 2.24) is 0 Å². The van der Waals surface area contributed by atoms with Gasteiger partial charge in [0.1, 0.15) is 0 Å². The van der Waals surface area contributed by atoms with Gasteiger partial charge in [0.25, 0.3) is 0 Å². The summed E-state index contributed by atoms with van der Waals surface area (Å²) >= 11 is 0. The molecule has 1 spiro atoms. The predicted molar refractivity (Wildman–Crippen MR) is 321 cm³/mol. The lowest BCUT2D eigenvalue weighted by Gasteiger charge is -2.32. The summed E-state index contributed by atoms with van der Waals surface area (Å²) in [6.45, 7) is 18.1. The van der Waals surface area contributed by atoms with Crippen LogP contribution >= 0.6 is 0 Å². The summed E-state index contributed by atoms with van der Waals surface area (Å²) in [5.74, 6) is 1.80. The zero-order valence-electron chi connectivity index (χ0n) is 44.5. The van der Waals surface area contributed by atoms with E-state index in [0.29, 0.717) is 23.7 Å². The van der Waals surface area contributed by atoms with Gasteiger partial charge in [0.2, 0.25) is 0 Å². The van der Waals surface area contributed by atoms with Crippen LogP contribution in [0.5, 0.6) is 0 Å². The van der Waals surface area contributed by atoms with Crippen molar-refractivity contribution in [3.8, 4) is 22.3 Å². The Hall–Kier alpha value is -8.20. The molecule has 0 unspecified atom stereocenters. The average molecular weight is 969 g/mol. The molecule has 0 amide bonds. The van der Waals surface area contributed by atoms with Gasteiger partial charge in [0.05, 0.1) is 5.41 Å². The fourth-order valence-electron chi connectivity index (χ4n) is 12.8. The minimum atomic E-state index is -0.579. The van der Waals surface area contributed by atoms with Crippen molar-refractivity contribution < 1.29 is 0 Å². The highest BCUT2D eigenvalue weighted by atomic mass is 15.1. The van der Waals surface area contributed by atoms with Crippen LogP contribution in [-0.4, -0.2) is 0 Å². The monoisotopic (exact) mass is 969 g/mol. The lowest BCUT2D eigenvalue weighted by Crippen LogP contribution is -2.26. The summed E-state index contributed by atoms with van der Waals surface area (Å²) < 4.78 is 0. The molecule has 0 saturated carbocycles. The molecule has 2 aliphatic rings. The fraction of sp³-hybridized carbons (Fsp3) is 0.178. The molecule has 2 nitrogen and oxygen atoms in total. The van der Waals surface area contributed by atoms with Gasteiger partial charge in [0, 0.05) is 34.1 Å². The molecule has 0 fully saturated rings. The van der Waals surface area contributed by atoms with Gasteiger partial charge in [-0.2, -0.15) is 0 Å². The standard InChI is InChI=1S/C73H64N2/c1-45(2)49-21-30-55(31-22-49)74(56-32-23-50(24-33-56)46(3)4)59-38-29-53-42-67-70(43-54(53)41-59)73(68-19-13-11-16-62(68)63-17-12-14-20-69(63)73)72-65-40-39-60(44-66(65)61-15-9-10-18-64(61)71(67)72)75(57-34-25-51(26-35-57)47(5)6)58-36-27-52(28-37-58)48(7)8/h9-48H,1-8H3.